The van der Waals surface area contributed by atoms with E-state index in [9.17, 15) is 14.4 Å². The predicted molar refractivity (Wildman–Crippen MR) is 86.6 cm³/mol. The van der Waals surface area contributed by atoms with Gasteiger partial charge in [-0.15, -0.1) is 11.3 Å². The number of esters is 1. The number of carbonyl (C=O) groups excluding carboxylic acids is 3. The molecule has 0 aliphatic carbocycles. The molecule has 1 unspecified atom stereocenters. The number of cyclic esters (lactones) is 1. The van der Waals surface area contributed by atoms with Crippen LogP contribution in [0, 0.1) is 0 Å². The number of nitrogens with zero attached hydrogens (tertiary/aromatic N) is 2. The number of carbonyl (C=O) groups is 3. The van der Waals surface area contributed by atoms with Crippen LogP contribution in [0.1, 0.15) is 17.7 Å². The summed E-state index contributed by atoms with van der Waals surface area (Å²) in [7, 11) is 1.30. The van der Waals surface area contributed by atoms with Crippen LogP contribution in [0.25, 0.3) is 0 Å². The second kappa shape index (κ2) is 7.21. The molecule has 8 heteroatoms. The topological polar surface area (TPSA) is 76.2 Å². The maximum absolute atomic E-state index is 12.3. The van der Waals surface area contributed by atoms with Crippen molar-refractivity contribution in [3.8, 4) is 0 Å². The van der Waals surface area contributed by atoms with E-state index in [1.807, 2.05) is 22.4 Å². The number of rotatable bonds is 4. The summed E-state index contributed by atoms with van der Waals surface area (Å²) < 4.78 is 9.75. The van der Waals surface area contributed by atoms with Crippen molar-refractivity contribution in [1.82, 2.24) is 9.80 Å². The Kier molecular flexibility index (Phi) is 5.03. The Balaban J connectivity index is 1.57. The highest BCUT2D eigenvalue weighted by atomic mass is 32.1. The third kappa shape index (κ3) is 3.38. The highest BCUT2D eigenvalue weighted by Crippen LogP contribution is 2.25. The van der Waals surface area contributed by atoms with Crippen LogP contribution in [-0.2, 0) is 25.5 Å². The number of hydrogen-bond acceptors (Lipinski definition) is 6. The Bertz CT molecular complexity index is 610. The Morgan fingerprint density at radius 1 is 1.38 bits per heavy atom. The van der Waals surface area contributed by atoms with Crippen LogP contribution < -0.4 is 0 Å². The first-order valence-corrected chi connectivity index (χ1v) is 8.81. The second-order valence-electron chi connectivity index (χ2n) is 5.89. The van der Waals surface area contributed by atoms with Crippen LogP contribution in [0.5, 0.6) is 0 Å². The molecule has 0 aromatic carbocycles. The fourth-order valence-corrected chi connectivity index (χ4v) is 3.92. The lowest BCUT2D eigenvalue weighted by Gasteiger charge is -2.37. The lowest BCUT2D eigenvalue weighted by atomic mass is 10.0. The van der Waals surface area contributed by atoms with Crippen molar-refractivity contribution in [3.63, 3.8) is 0 Å². The van der Waals surface area contributed by atoms with Gasteiger partial charge in [0, 0.05) is 24.0 Å². The highest BCUT2D eigenvalue weighted by Gasteiger charge is 2.44. The first kappa shape index (κ1) is 16.8. The minimum Gasteiger partial charge on any atom is -0.467 e. The Labute approximate surface area is 144 Å². The number of hydrogen-bond donors (Lipinski definition) is 0. The molecule has 0 spiro atoms. The lowest BCUT2D eigenvalue weighted by molar-refractivity contribution is -0.146. The van der Waals surface area contributed by atoms with Gasteiger partial charge in [-0.1, -0.05) is 6.07 Å². The summed E-state index contributed by atoms with van der Waals surface area (Å²) in [6, 6.07) is 3.11. The maximum Gasteiger partial charge on any atom is 0.410 e. The van der Waals surface area contributed by atoms with Gasteiger partial charge in [0.2, 0.25) is 5.91 Å². The van der Waals surface area contributed by atoms with Crippen molar-refractivity contribution < 1.29 is 23.9 Å². The Morgan fingerprint density at radius 2 is 2.12 bits per heavy atom. The zero-order valence-corrected chi connectivity index (χ0v) is 14.3. The summed E-state index contributed by atoms with van der Waals surface area (Å²) in [5, 5.41) is 1.96. The molecule has 2 amide bonds. The second-order valence-corrected chi connectivity index (χ2v) is 6.92. The number of ether oxygens (including phenoxy) is 2. The largest absolute Gasteiger partial charge is 0.467 e. The third-order valence-corrected chi connectivity index (χ3v) is 5.38. The third-order valence-electron chi connectivity index (χ3n) is 4.50. The number of piperidine rings is 1. The highest BCUT2D eigenvalue weighted by molar-refractivity contribution is 7.10. The number of likely N-dealkylation sites (tertiary alicyclic amines) is 1. The molecule has 130 valence electrons. The molecular weight excluding hydrogens is 332 g/mol. The molecule has 2 aliphatic rings. The van der Waals surface area contributed by atoms with E-state index in [1.54, 1.807) is 11.3 Å². The fourth-order valence-electron chi connectivity index (χ4n) is 3.22. The summed E-state index contributed by atoms with van der Waals surface area (Å²) in [6.07, 6.45) is 1.21. The monoisotopic (exact) mass is 352 g/mol. The summed E-state index contributed by atoms with van der Waals surface area (Å²) in [6.45, 7) is 1.18. The Hall–Kier alpha value is -2.09. The van der Waals surface area contributed by atoms with Crippen LogP contribution in [-0.4, -0.2) is 66.7 Å². The van der Waals surface area contributed by atoms with Crippen molar-refractivity contribution in [2.24, 2.45) is 0 Å². The van der Waals surface area contributed by atoms with Gasteiger partial charge in [0.25, 0.3) is 0 Å². The first-order valence-electron chi connectivity index (χ1n) is 7.93. The van der Waals surface area contributed by atoms with Gasteiger partial charge in [-0.25, -0.2) is 9.59 Å². The molecular formula is C16H20N2O5S. The molecule has 0 radical (unpaired) electrons. The van der Waals surface area contributed by atoms with Crippen molar-refractivity contribution in [2.75, 3.05) is 26.8 Å². The molecule has 7 nitrogen and oxygen atoms in total. The average Bonchev–Trinajstić information content (AvgIpc) is 3.24. The van der Waals surface area contributed by atoms with E-state index in [4.69, 9.17) is 9.47 Å². The smallest absolute Gasteiger partial charge is 0.410 e. The van der Waals surface area contributed by atoms with Gasteiger partial charge >= 0.3 is 12.1 Å². The van der Waals surface area contributed by atoms with E-state index in [1.165, 1.54) is 12.0 Å². The lowest BCUT2D eigenvalue weighted by Crippen LogP contribution is -2.52. The average molecular weight is 352 g/mol. The molecule has 1 aromatic heterocycles. The summed E-state index contributed by atoms with van der Waals surface area (Å²) in [4.78, 5) is 40.4. The maximum atomic E-state index is 12.3. The molecule has 1 atom stereocenters. The molecule has 0 N–H and O–H groups in total. The van der Waals surface area contributed by atoms with Crippen LogP contribution in [0.15, 0.2) is 17.5 Å². The minimum atomic E-state index is -0.680. The molecule has 2 saturated heterocycles. The zero-order valence-electron chi connectivity index (χ0n) is 13.5. The van der Waals surface area contributed by atoms with E-state index in [0.717, 1.165) is 4.88 Å². The number of thiophene rings is 1. The SMILES string of the molecule is COC(=O)C1COC(=O)N1C1CCN(C(=O)Cc2cccs2)CC1. The predicted octanol–water partition coefficient (Wildman–Crippen LogP) is 1.28. The number of methoxy groups -OCH3 is 1. The van der Waals surface area contributed by atoms with E-state index in [0.29, 0.717) is 32.4 Å². The van der Waals surface area contributed by atoms with Gasteiger partial charge < -0.3 is 14.4 Å². The van der Waals surface area contributed by atoms with Crippen molar-refractivity contribution in [1.29, 1.82) is 0 Å². The van der Waals surface area contributed by atoms with Crippen molar-refractivity contribution in [3.05, 3.63) is 22.4 Å². The Morgan fingerprint density at radius 3 is 2.75 bits per heavy atom. The van der Waals surface area contributed by atoms with Crippen LogP contribution in [0.2, 0.25) is 0 Å². The quantitative estimate of drug-likeness (QED) is 0.763. The zero-order chi connectivity index (χ0) is 17.1. The van der Waals surface area contributed by atoms with E-state index in [-0.39, 0.29) is 18.6 Å². The van der Waals surface area contributed by atoms with Gasteiger partial charge in [-0.3, -0.25) is 9.69 Å². The van der Waals surface area contributed by atoms with Gasteiger partial charge in [-0.2, -0.15) is 0 Å². The van der Waals surface area contributed by atoms with E-state index < -0.39 is 18.1 Å². The van der Waals surface area contributed by atoms with Crippen molar-refractivity contribution in [2.45, 2.75) is 31.3 Å². The van der Waals surface area contributed by atoms with Gasteiger partial charge in [0.1, 0.15) is 6.61 Å². The van der Waals surface area contributed by atoms with E-state index in [2.05, 4.69) is 0 Å². The molecule has 0 bridgehead atoms. The van der Waals surface area contributed by atoms with Crippen LogP contribution in [0.4, 0.5) is 4.79 Å². The molecule has 0 saturated carbocycles. The molecule has 3 rings (SSSR count). The molecule has 2 aliphatic heterocycles. The molecule has 2 fully saturated rings. The van der Waals surface area contributed by atoms with Gasteiger partial charge in [0.05, 0.1) is 13.5 Å². The normalized spacial score (nSPS) is 21.7. The number of amides is 2. The fraction of sp³-hybridized carbons (Fsp3) is 0.562. The van der Waals surface area contributed by atoms with Crippen LogP contribution >= 0.6 is 11.3 Å². The summed E-state index contributed by atoms with van der Waals surface area (Å²) >= 11 is 1.57. The molecule has 24 heavy (non-hydrogen) atoms. The first-order chi connectivity index (χ1) is 11.6. The van der Waals surface area contributed by atoms with Gasteiger partial charge in [0.15, 0.2) is 6.04 Å². The summed E-state index contributed by atoms with van der Waals surface area (Å²) in [5.74, 6) is -0.360. The minimum absolute atomic E-state index is 0.0308. The van der Waals surface area contributed by atoms with E-state index >= 15 is 0 Å². The standard InChI is InChI=1S/C16H20N2O5S/c1-22-15(20)13-10-23-16(21)18(13)11-4-6-17(7-5-11)14(19)9-12-3-2-8-24-12/h2-3,8,11,13H,4-7,9-10H2,1H3. The van der Waals surface area contributed by atoms with Crippen molar-refractivity contribution >= 4 is 29.3 Å². The van der Waals surface area contributed by atoms with Gasteiger partial charge in [-0.05, 0) is 24.3 Å². The molecule has 1 aromatic rings. The van der Waals surface area contributed by atoms with Crippen LogP contribution in [0.3, 0.4) is 0 Å². The summed E-state index contributed by atoms with van der Waals surface area (Å²) in [5.41, 5.74) is 0. The molecule has 3 heterocycles.